The molecule has 2 heteroatoms. The maximum atomic E-state index is 2.59. The van der Waals surface area contributed by atoms with Crippen LogP contribution in [0.3, 0.4) is 0 Å². The molecule has 6 aliphatic rings. The Morgan fingerprint density at radius 2 is 0.556 bits per heavy atom. The lowest BCUT2D eigenvalue weighted by atomic mass is 9.70. The Hall–Kier alpha value is -13.1. The number of benzene rings is 17. The highest BCUT2D eigenvalue weighted by Gasteiger charge is 2.54. The van der Waals surface area contributed by atoms with Gasteiger partial charge in [0.2, 0.25) is 0 Å². The fourth-order valence-electron chi connectivity index (χ4n) is 21.3. The third-order valence-electron chi connectivity index (χ3n) is 25.9. The van der Waals surface area contributed by atoms with Crippen molar-refractivity contribution in [2.24, 2.45) is 0 Å². The summed E-state index contributed by atoms with van der Waals surface area (Å²) in [6.45, 7) is 7.26. The second-order valence-electron chi connectivity index (χ2n) is 31.5. The van der Waals surface area contributed by atoms with E-state index >= 15 is 0 Å². The number of rotatable bonds is 9. The highest BCUT2D eigenvalue weighted by molar-refractivity contribution is 6.15. The van der Waals surface area contributed by atoms with Gasteiger partial charge >= 0.3 is 0 Å². The highest BCUT2D eigenvalue weighted by Crippen LogP contribution is 2.66. The summed E-state index contributed by atoms with van der Waals surface area (Å²) in [5, 5.41) is 4.89. The second-order valence-corrected chi connectivity index (χ2v) is 31.5. The molecule has 6 aliphatic carbocycles. The smallest absolute Gasteiger partial charge is 0.0726 e. The van der Waals surface area contributed by atoms with Gasteiger partial charge < -0.3 is 9.80 Å². The van der Waals surface area contributed by atoms with Crippen molar-refractivity contribution >= 4 is 55.7 Å². The van der Waals surface area contributed by atoms with Crippen LogP contribution < -0.4 is 9.80 Å². The molecule has 23 rings (SSSR count). The average Bonchev–Trinajstić information content (AvgIpc) is 1.59. The van der Waals surface area contributed by atoms with E-state index in [1.807, 2.05) is 0 Å². The Morgan fingerprint density at radius 1 is 0.213 bits per heavy atom. The van der Waals surface area contributed by atoms with Gasteiger partial charge in [-0.25, -0.2) is 0 Å². The van der Waals surface area contributed by atoms with Crippen LogP contribution in [0, 0.1) is 0 Å². The lowest BCUT2D eigenvalue weighted by Crippen LogP contribution is -2.26. The Labute approximate surface area is 630 Å². The minimum atomic E-state index is -0.502. The van der Waals surface area contributed by atoms with Crippen molar-refractivity contribution in [3.63, 3.8) is 0 Å². The van der Waals surface area contributed by atoms with E-state index in [2.05, 4.69) is 401 Å². The van der Waals surface area contributed by atoms with Gasteiger partial charge in [0, 0.05) is 44.7 Å². The van der Waals surface area contributed by atoms with Crippen LogP contribution in [0.2, 0.25) is 0 Å². The molecule has 0 aliphatic heterocycles. The van der Waals surface area contributed by atoms with Gasteiger partial charge in [-0.3, -0.25) is 0 Å². The third-order valence-corrected chi connectivity index (χ3v) is 25.9. The SMILES string of the molecule is CC1(C)c2ccccc2-c2cc(N(c3ccc4c(c3)C3(c5ccccc5-c5ccccc53)c3ccccc3-4)c3cc4ccc(CC5(C)c6ccccc6-c6cc(N(c7ccc(-c8ccccc8)cc7)c7ccc8c(c7)-c7ccccc7C87c8ccccc8-c8ccccc87)ccc65)cc4c4ccccc34)ccc21. The van der Waals surface area contributed by atoms with E-state index in [1.54, 1.807) is 0 Å². The zero-order valence-electron chi connectivity index (χ0n) is 60.3. The summed E-state index contributed by atoms with van der Waals surface area (Å²) in [6.07, 6.45) is 0.815. The predicted octanol–water partition coefficient (Wildman–Crippen LogP) is 27.1. The normalized spacial score (nSPS) is 15.7. The fourth-order valence-corrected chi connectivity index (χ4v) is 21.3. The zero-order chi connectivity index (χ0) is 71.4. The number of fused-ring (bicyclic) bond motifs is 29. The molecule has 1 atom stereocenters. The Kier molecular flexibility index (Phi) is 12.7. The molecule has 0 heterocycles. The van der Waals surface area contributed by atoms with Crippen LogP contribution in [0.1, 0.15) is 93.1 Å². The van der Waals surface area contributed by atoms with Crippen LogP contribution >= 0.6 is 0 Å². The largest absolute Gasteiger partial charge is 0.310 e. The Bertz CT molecular complexity index is 6620. The van der Waals surface area contributed by atoms with Gasteiger partial charge in [-0.1, -0.05) is 324 Å². The van der Waals surface area contributed by atoms with Gasteiger partial charge in [0.25, 0.3) is 0 Å². The summed E-state index contributed by atoms with van der Waals surface area (Å²) in [5.41, 5.74) is 40.7. The molecule has 17 aromatic rings. The topological polar surface area (TPSA) is 6.48 Å². The first kappa shape index (κ1) is 61.2. The molecule has 0 N–H and O–H groups in total. The number of hydrogen-bond donors (Lipinski definition) is 0. The summed E-state index contributed by atoms with van der Waals surface area (Å²) in [7, 11) is 0. The average molecular weight is 1370 g/mol. The molecule has 17 aromatic carbocycles. The number of hydrogen-bond acceptors (Lipinski definition) is 2. The van der Waals surface area contributed by atoms with Gasteiger partial charge in [-0.15, -0.1) is 0 Å². The Morgan fingerprint density at radius 3 is 1.11 bits per heavy atom. The van der Waals surface area contributed by atoms with E-state index in [0.29, 0.717) is 0 Å². The standard InChI is InChI=1S/C106H72N2/c1-103(2)90-37-17-9-33-81(90)87-63-73(52-56-91(87)103)108(74-51-55-84-80-32-15-23-43-98(80)106(101(84)64-74)96-41-21-13-30-78(96)79-31-14-22-42-97(79)106)102-60-69-46-45-66(59-86(69)75-27-7-8-36-85(75)102)65-104(3)92-38-18-10-34-82(92)88-61-71(53-57-93(88)104)107(70-49-47-68(48-50-70)67-25-5-4-6-26-67)72-54-58-100-89(62-72)83-35-16-24-44-99(83)105(100)94-39-19-11-28-76(94)77-29-12-20-40-95(77)105/h4-64H,65H2,1-3H3. The van der Waals surface area contributed by atoms with E-state index < -0.39 is 10.8 Å². The lowest BCUT2D eigenvalue weighted by molar-refractivity contribution is 0.583. The molecule has 108 heavy (non-hydrogen) atoms. The fraction of sp³-hybridized carbons (Fsp3) is 0.0755. The van der Waals surface area contributed by atoms with Crippen LogP contribution in [-0.2, 0) is 28.1 Å². The molecule has 506 valence electrons. The van der Waals surface area contributed by atoms with Crippen LogP contribution in [0.15, 0.2) is 370 Å². The number of nitrogens with zero attached hydrogens (tertiary/aromatic N) is 2. The first-order chi connectivity index (χ1) is 53.2. The van der Waals surface area contributed by atoms with Gasteiger partial charge in [-0.2, -0.15) is 0 Å². The molecule has 0 fully saturated rings. The first-order valence-corrected chi connectivity index (χ1v) is 38.2. The van der Waals surface area contributed by atoms with Crippen LogP contribution in [0.5, 0.6) is 0 Å². The number of anilines is 6. The molecule has 0 amide bonds. The van der Waals surface area contributed by atoms with Gasteiger partial charge in [0.15, 0.2) is 0 Å². The van der Waals surface area contributed by atoms with Crippen molar-refractivity contribution < 1.29 is 0 Å². The van der Waals surface area contributed by atoms with Crippen molar-refractivity contribution in [1.82, 2.24) is 0 Å². The monoisotopic (exact) mass is 1370 g/mol. The maximum Gasteiger partial charge on any atom is 0.0726 e. The molecule has 0 bridgehead atoms. The minimum absolute atomic E-state index is 0.140. The van der Waals surface area contributed by atoms with E-state index in [0.717, 1.165) is 40.5 Å². The molecule has 0 aromatic heterocycles. The van der Waals surface area contributed by atoms with E-state index in [9.17, 15) is 0 Å². The zero-order valence-corrected chi connectivity index (χ0v) is 60.3. The molecule has 0 saturated heterocycles. The van der Waals surface area contributed by atoms with E-state index in [-0.39, 0.29) is 10.8 Å². The van der Waals surface area contributed by atoms with Crippen molar-refractivity contribution in [3.05, 3.63) is 442 Å². The maximum absolute atomic E-state index is 2.59. The van der Waals surface area contributed by atoms with Crippen LogP contribution in [0.4, 0.5) is 34.1 Å². The van der Waals surface area contributed by atoms with E-state index in [1.165, 1.54) is 172 Å². The molecule has 2 nitrogen and oxygen atoms in total. The Balaban J connectivity index is 0.661. The molecule has 0 radical (unpaired) electrons. The quantitative estimate of drug-likeness (QED) is 0.133. The van der Waals surface area contributed by atoms with Crippen LogP contribution in [-0.4, -0.2) is 0 Å². The van der Waals surface area contributed by atoms with Crippen molar-refractivity contribution in [2.45, 2.75) is 48.9 Å². The molecule has 1 unspecified atom stereocenters. The molecular weight excluding hydrogens is 1300 g/mol. The van der Waals surface area contributed by atoms with Crippen molar-refractivity contribution in [3.8, 4) is 77.9 Å². The first-order valence-electron chi connectivity index (χ1n) is 38.2. The summed E-state index contributed by atoms with van der Waals surface area (Å²) < 4.78 is 0. The van der Waals surface area contributed by atoms with Gasteiger partial charge in [0.1, 0.15) is 0 Å². The summed E-state index contributed by atoms with van der Waals surface area (Å²) in [6, 6.07) is 141. The molecule has 2 spiro atoms. The van der Waals surface area contributed by atoms with E-state index in [4.69, 9.17) is 0 Å². The van der Waals surface area contributed by atoms with Crippen LogP contribution in [0.25, 0.3) is 99.4 Å². The predicted molar refractivity (Wildman–Crippen MR) is 448 cm³/mol. The lowest BCUT2D eigenvalue weighted by Gasteiger charge is -2.33. The summed E-state index contributed by atoms with van der Waals surface area (Å²) >= 11 is 0. The summed E-state index contributed by atoms with van der Waals surface area (Å²) in [5.74, 6) is 0. The van der Waals surface area contributed by atoms with Crippen molar-refractivity contribution in [2.75, 3.05) is 9.80 Å². The molecular formula is C106H72N2. The van der Waals surface area contributed by atoms with Crippen molar-refractivity contribution in [1.29, 1.82) is 0 Å². The highest BCUT2D eigenvalue weighted by atomic mass is 15.1. The van der Waals surface area contributed by atoms with Gasteiger partial charge in [0.05, 0.1) is 16.5 Å². The second kappa shape index (κ2) is 22.5. The third kappa shape index (κ3) is 8.16. The minimum Gasteiger partial charge on any atom is -0.310 e. The van der Waals surface area contributed by atoms with Gasteiger partial charge in [-0.05, 0) is 240 Å². The summed E-state index contributed by atoms with van der Waals surface area (Å²) in [4.78, 5) is 5.09. The molecule has 0 saturated carbocycles.